The van der Waals surface area contributed by atoms with E-state index in [-0.39, 0.29) is 12.1 Å². The topological polar surface area (TPSA) is 152 Å². The van der Waals surface area contributed by atoms with Crippen LogP contribution in [0.3, 0.4) is 0 Å². The zero-order chi connectivity index (χ0) is 32.0. The highest BCUT2D eigenvalue weighted by Gasteiger charge is 2.25. The molecule has 1 fully saturated rings. The van der Waals surface area contributed by atoms with E-state index < -0.39 is 17.7 Å². The smallest absolute Gasteiger partial charge is 0.490 e. The van der Waals surface area contributed by atoms with Crippen molar-refractivity contribution in [3.05, 3.63) is 94.5 Å². The van der Waals surface area contributed by atoms with Gasteiger partial charge in [-0.1, -0.05) is 30.3 Å². The van der Waals surface area contributed by atoms with E-state index in [1.807, 2.05) is 30.3 Å². The molecule has 12 heteroatoms. The fraction of sp³-hybridized carbons (Fsp3) is 0.333. The minimum Gasteiger partial charge on any atom is -0.490 e. The maximum atomic E-state index is 12.6. The molecular weight excluding hydrogens is 576 g/mol. The summed E-state index contributed by atoms with van der Waals surface area (Å²) in [5.41, 5.74) is 7.79. The van der Waals surface area contributed by atoms with E-state index >= 15 is 0 Å². The van der Waals surface area contributed by atoms with Gasteiger partial charge in [-0.05, 0) is 69.4 Å². The Hall–Kier alpha value is -5.10. The molecular formula is C33H36N6O6. The number of primary amides is 1. The number of ether oxygens (including phenoxy) is 2. The molecule has 5 rings (SSSR count). The van der Waals surface area contributed by atoms with Crippen molar-refractivity contribution in [1.82, 2.24) is 24.8 Å². The van der Waals surface area contributed by atoms with Crippen LogP contribution in [0.15, 0.2) is 77.9 Å². The second-order valence-corrected chi connectivity index (χ2v) is 11.8. The van der Waals surface area contributed by atoms with Crippen LogP contribution in [0.2, 0.25) is 0 Å². The Morgan fingerprint density at radius 3 is 2.38 bits per heavy atom. The molecule has 2 aromatic heterocycles. The lowest BCUT2D eigenvalue weighted by molar-refractivity contribution is -0.156. The summed E-state index contributed by atoms with van der Waals surface area (Å²) in [7, 11) is 0. The van der Waals surface area contributed by atoms with Crippen LogP contribution in [-0.4, -0.2) is 62.2 Å². The van der Waals surface area contributed by atoms with Crippen molar-refractivity contribution in [1.29, 1.82) is 0 Å². The summed E-state index contributed by atoms with van der Waals surface area (Å²) in [6.07, 6.45) is 4.23. The largest absolute Gasteiger partial charge is 0.528 e. The van der Waals surface area contributed by atoms with Crippen LogP contribution in [-0.2, 0) is 16.1 Å². The molecule has 3 heterocycles. The number of nitrogens with two attached hydrogens (primary N) is 1. The summed E-state index contributed by atoms with van der Waals surface area (Å²) in [5.74, 6) is 0.861. The third kappa shape index (κ3) is 8.73. The quantitative estimate of drug-likeness (QED) is 0.268. The van der Waals surface area contributed by atoms with Gasteiger partial charge in [0.25, 0.3) is 5.56 Å². The molecule has 45 heavy (non-hydrogen) atoms. The van der Waals surface area contributed by atoms with Crippen LogP contribution >= 0.6 is 0 Å². The van der Waals surface area contributed by atoms with Crippen molar-refractivity contribution in [2.45, 2.75) is 45.8 Å². The third-order valence-corrected chi connectivity index (χ3v) is 7.11. The van der Waals surface area contributed by atoms with Crippen molar-refractivity contribution < 1.29 is 23.9 Å². The molecule has 0 aliphatic carbocycles. The number of carbonyl (C=O) groups is 2. The van der Waals surface area contributed by atoms with E-state index in [1.165, 1.54) is 10.7 Å². The summed E-state index contributed by atoms with van der Waals surface area (Å²) in [6, 6.07) is 17.5. The van der Waals surface area contributed by atoms with Crippen molar-refractivity contribution >= 4 is 12.1 Å². The normalized spacial score (nSPS) is 14.1. The number of piperidine rings is 1. The summed E-state index contributed by atoms with van der Waals surface area (Å²) in [4.78, 5) is 50.4. The first-order valence-electron chi connectivity index (χ1n) is 14.7. The number of benzene rings is 2. The predicted octanol–water partition coefficient (Wildman–Crippen LogP) is 4.47. The fourth-order valence-corrected chi connectivity index (χ4v) is 4.82. The molecule has 1 aliphatic rings. The van der Waals surface area contributed by atoms with Gasteiger partial charge in [-0.3, -0.25) is 9.59 Å². The zero-order valence-corrected chi connectivity index (χ0v) is 25.5. The molecule has 0 unspecified atom stereocenters. The lowest BCUT2D eigenvalue weighted by Crippen LogP contribution is -2.38. The van der Waals surface area contributed by atoms with Gasteiger partial charge in [0.05, 0.1) is 31.2 Å². The highest BCUT2D eigenvalue weighted by Crippen LogP contribution is 2.22. The van der Waals surface area contributed by atoms with Crippen LogP contribution in [0.4, 0.5) is 4.79 Å². The molecule has 234 valence electrons. The number of hydrogen-bond acceptors (Lipinski definition) is 10. The van der Waals surface area contributed by atoms with Gasteiger partial charge in [0.1, 0.15) is 5.60 Å². The van der Waals surface area contributed by atoms with Crippen molar-refractivity contribution in [2.75, 3.05) is 19.7 Å². The Morgan fingerprint density at radius 1 is 0.956 bits per heavy atom. The maximum absolute atomic E-state index is 12.6. The van der Waals surface area contributed by atoms with Gasteiger partial charge in [-0.2, -0.15) is 5.10 Å². The number of carbonyl (C=O) groups excluding carboxylic acids is 2. The molecule has 0 bridgehead atoms. The third-order valence-electron chi connectivity index (χ3n) is 7.11. The van der Waals surface area contributed by atoms with Crippen molar-refractivity contribution in [2.24, 2.45) is 11.7 Å². The van der Waals surface area contributed by atoms with Gasteiger partial charge in [0.15, 0.2) is 11.6 Å². The number of aromatic nitrogens is 4. The molecule has 1 amide bonds. The Bertz CT molecular complexity index is 1710. The highest BCUT2D eigenvalue weighted by molar-refractivity contribution is 5.93. The standard InChI is InChI=1S/C33H36N6O6/c1-33(2,3)44-32(42)45-38-14-12-22(13-15-38)21-43-27-18-35-31(36-19-27)26-9-4-6-23(16-26)20-39-29(40)11-10-28(37-39)24-7-5-8-25(17-24)30(34)41/h4-11,16-19,22H,12-15,20-21H2,1-3H3,(H2,34,41). The van der Waals surface area contributed by atoms with Gasteiger partial charge in [0, 0.05) is 35.8 Å². The van der Waals surface area contributed by atoms with Crippen LogP contribution in [0, 0.1) is 5.92 Å². The van der Waals surface area contributed by atoms with Gasteiger partial charge < -0.3 is 20.0 Å². The first kappa shape index (κ1) is 31.3. The van der Waals surface area contributed by atoms with Crippen LogP contribution in [0.25, 0.3) is 22.6 Å². The SMILES string of the molecule is CC(C)(C)OC(=O)ON1CCC(COc2cnc(-c3cccc(Cn4nc(-c5cccc(C(N)=O)c5)ccc4=O)c3)nc2)CC1. The monoisotopic (exact) mass is 612 g/mol. The van der Waals surface area contributed by atoms with Crippen LogP contribution < -0.4 is 16.0 Å². The van der Waals surface area contributed by atoms with E-state index in [0.29, 0.717) is 54.0 Å². The van der Waals surface area contributed by atoms with E-state index in [0.717, 1.165) is 24.0 Å². The highest BCUT2D eigenvalue weighted by atomic mass is 16.8. The van der Waals surface area contributed by atoms with Crippen LogP contribution in [0.1, 0.15) is 49.5 Å². The molecule has 12 nitrogen and oxygen atoms in total. The average molecular weight is 613 g/mol. The molecule has 0 radical (unpaired) electrons. The number of nitrogens with zero attached hydrogens (tertiary/aromatic N) is 5. The maximum Gasteiger partial charge on any atom is 0.528 e. The second kappa shape index (κ2) is 13.7. The van der Waals surface area contributed by atoms with E-state index in [1.54, 1.807) is 62.5 Å². The lowest BCUT2D eigenvalue weighted by Gasteiger charge is -2.30. The summed E-state index contributed by atoms with van der Waals surface area (Å²) >= 11 is 0. The Kier molecular flexibility index (Phi) is 9.53. The predicted molar refractivity (Wildman–Crippen MR) is 166 cm³/mol. The molecule has 0 spiro atoms. The number of hydrogen-bond donors (Lipinski definition) is 1. The minimum atomic E-state index is -0.691. The van der Waals surface area contributed by atoms with E-state index in [2.05, 4.69) is 15.1 Å². The summed E-state index contributed by atoms with van der Waals surface area (Å²) in [5, 5.41) is 6.14. The summed E-state index contributed by atoms with van der Waals surface area (Å²) < 4.78 is 12.5. The summed E-state index contributed by atoms with van der Waals surface area (Å²) in [6.45, 7) is 7.34. The molecule has 0 atom stereocenters. The number of hydroxylamine groups is 2. The Labute approximate surface area is 260 Å². The Morgan fingerprint density at radius 2 is 1.67 bits per heavy atom. The van der Waals surface area contributed by atoms with Gasteiger partial charge in [-0.25, -0.2) is 19.4 Å². The van der Waals surface area contributed by atoms with Crippen molar-refractivity contribution in [3.8, 4) is 28.4 Å². The second-order valence-electron chi connectivity index (χ2n) is 11.8. The first-order chi connectivity index (χ1) is 21.5. The number of rotatable bonds is 9. The van der Waals surface area contributed by atoms with E-state index in [4.69, 9.17) is 20.0 Å². The molecule has 4 aromatic rings. The Balaban J connectivity index is 1.16. The molecule has 1 saturated heterocycles. The number of amides is 1. The van der Waals surface area contributed by atoms with Crippen LogP contribution in [0.5, 0.6) is 5.75 Å². The molecule has 1 aliphatic heterocycles. The fourth-order valence-electron chi connectivity index (χ4n) is 4.82. The van der Waals surface area contributed by atoms with E-state index in [9.17, 15) is 14.4 Å². The molecule has 2 aromatic carbocycles. The minimum absolute atomic E-state index is 0.235. The van der Waals surface area contributed by atoms with Gasteiger partial charge in [-0.15, -0.1) is 5.06 Å². The average Bonchev–Trinajstić information content (AvgIpc) is 3.01. The van der Waals surface area contributed by atoms with Crippen molar-refractivity contribution in [3.63, 3.8) is 0 Å². The molecule has 2 N–H and O–H groups in total. The zero-order valence-electron chi connectivity index (χ0n) is 25.5. The van der Waals surface area contributed by atoms with Gasteiger partial charge in [0.2, 0.25) is 5.91 Å². The lowest BCUT2D eigenvalue weighted by atomic mass is 9.99. The van der Waals surface area contributed by atoms with Gasteiger partial charge >= 0.3 is 6.16 Å². The first-order valence-corrected chi connectivity index (χ1v) is 14.7. The molecule has 0 saturated carbocycles.